The van der Waals surface area contributed by atoms with Gasteiger partial charge in [-0.15, -0.1) is 0 Å². The molecule has 0 aliphatic heterocycles. The minimum absolute atomic E-state index is 0.0848. The zero-order chi connectivity index (χ0) is 5.28. The number of hydrogen-bond acceptors (Lipinski definition) is 0. The molecular formula is C6H11F. The van der Waals surface area contributed by atoms with Gasteiger partial charge in [0, 0.05) is 0 Å². The molecule has 1 rings (SSSR count). The maximum absolute atomic E-state index is 11.6. The van der Waals surface area contributed by atoms with Crippen LogP contribution in [0.4, 0.5) is 4.39 Å². The summed E-state index contributed by atoms with van der Waals surface area (Å²) in [6.07, 6.45) is 2.32. The van der Waals surface area contributed by atoms with Crippen LogP contribution in [0.25, 0.3) is 0 Å². The molecule has 1 saturated carbocycles. The number of alkyl halides is 1. The highest BCUT2D eigenvalue weighted by molar-refractivity contribution is 4.83. The van der Waals surface area contributed by atoms with Gasteiger partial charge in [0.2, 0.25) is 0 Å². The van der Waals surface area contributed by atoms with Gasteiger partial charge in [0.1, 0.15) is 0 Å². The molecule has 1 aliphatic rings. The molecule has 0 aromatic carbocycles. The van der Waals surface area contributed by atoms with Gasteiger partial charge in [-0.05, 0) is 18.3 Å². The largest absolute Gasteiger partial charge is 0.251 e. The summed E-state index contributed by atoms with van der Waals surface area (Å²) in [5, 5.41) is 0. The topological polar surface area (TPSA) is 0 Å². The predicted molar refractivity (Wildman–Crippen MR) is 27.9 cm³/mol. The molecule has 2 unspecified atom stereocenters. The molecule has 0 heterocycles. The third-order valence-corrected chi connectivity index (χ3v) is 1.79. The highest BCUT2D eigenvalue weighted by Crippen LogP contribution is 2.40. The normalized spacial score (nSPS) is 38.6. The first-order valence-corrected chi connectivity index (χ1v) is 2.94. The molecule has 0 bridgehead atoms. The van der Waals surface area contributed by atoms with Crippen molar-refractivity contribution in [1.29, 1.82) is 0 Å². The molecule has 0 aromatic heterocycles. The van der Waals surface area contributed by atoms with Crippen molar-refractivity contribution in [2.45, 2.75) is 19.8 Å². The van der Waals surface area contributed by atoms with E-state index in [9.17, 15) is 4.39 Å². The summed E-state index contributed by atoms with van der Waals surface area (Å²) in [4.78, 5) is 0. The van der Waals surface area contributed by atoms with Gasteiger partial charge in [0.15, 0.2) is 0 Å². The Labute approximate surface area is 43.7 Å². The predicted octanol–water partition coefficient (Wildman–Crippen LogP) is 2.00. The lowest BCUT2D eigenvalue weighted by Gasteiger charge is -1.83. The molecule has 0 amide bonds. The Balaban J connectivity index is 2.06. The number of halogens is 1. The second-order valence-electron chi connectivity index (χ2n) is 2.32. The fourth-order valence-corrected chi connectivity index (χ4v) is 0.999. The van der Waals surface area contributed by atoms with Gasteiger partial charge in [-0.25, -0.2) is 0 Å². The zero-order valence-electron chi connectivity index (χ0n) is 4.65. The molecule has 0 nitrogen and oxygen atoms in total. The molecule has 0 N–H and O–H groups in total. The van der Waals surface area contributed by atoms with E-state index in [1.807, 2.05) is 0 Å². The molecule has 2 atom stereocenters. The van der Waals surface area contributed by atoms with Gasteiger partial charge in [-0.3, -0.25) is 4.39 Å². The first-order chi connectivity index (χ1) is 3.38. The first kappa shape index (κ1) is 5.07. The highest BCUT2D eigenvalue weighted by Gasteiger charge is 2.34. The van der Waals surface area contributed by atoms with Crippen LogP contribution in [0.5, 0.6) is 0 Å². The number of hydrogen-bond donors (Lipinski definition) is 0. The summed E-state index contributed by atoms with van der Waals surface area (Å²) in [7, 11) is 0. The molecule has 0 spiro atoms. The molecule has 1 aliphatic carbocycles. The van der Waals surface area contributed by atoms with Gasteiger partial charge in [0.05, 0.1) is 6.67 Å². The molecule has 0 aromatic rings. The molecule has 1 heteroatoms. The smallest absolute Gasteiger partial charge is 0.0925 e. The fraction of sp³-hybridized carbons (Fsp3) is 1.00. The maximum atomic E-state index is 11.6. The van der Waals surface area contributed by atoms with Crippen molar-refractivity contribution >= 4 is 0 Å². The lowest BCUT2D eigenvalue weighted by molar-refractivity contribution is 0.437. The van der Waals surface area contributed by atoms with E-state index in [2.05, 4.69) is 6.92 Å². The second-order valence-corrected chi connectivity index (χ2v) is 2.32. The lowest BCUT2D eigenvalue weighted by Crippen LogP contribution is -1.80. The Kier molecular flexibility index (Phi) is 1.31. The van der Waals surface area contributed by atoms with E-state index in [1.165, 1.54) is 6.42 Å². The summed E-state index contributed by atoms with van der Waals surface area (Å²) in [6.45, 7) is 2.04. The van der Waals surface area contributed by atoms with Gasteiger partial charge >= 0.3 is 0 Å². The monoisotopic (exact) mass is 102 g/mol. The van der Waals surface area contributed by atoms with Crippen molar-refractivity contribution in [3.8, 4) is 0 Å². The maximum Gasteiger partial charge on any atom is 0.0925 e. The Morgan fingerprint density at radius 3 is 2.43 bits per heavy atom. The van der Waals surface area contributed by atoms with Crippen LogP contribution in [0.1, 0.15) is 19.8 Å². The lowest BCUT2D eigenvalue weighted by atomic mass is 10.3. The van der Waals surface area contributed by atoms with E-state index in [1.54, 1.807) is 0 Å². The zero-order valence-corrected chi connectivity index (χ0v) is 4.65. The average molecular weight is 102 g/mol. The van der Waals surface area contributed by atoms with Gasteiger partial charge < -0.3 is 0 Å². The standard InChI is InChI=1S/C6H11F/c1-2-5-3-6(5)4-7/h5-6H,2-4H2,1H3. The van der Waals surface area contributed by atoms with Crippen molar-refractivity contribution in [2.75, 3.05) is 6.67 Å². The van der Waals surface area contributed by atoms with E-state index >= 15 is 0 Å². The van der Waals surface area contributed by atoms with Crippen LogP contribution in [-0.4, -0.2) is 6.67 Å². The van der Waals surface area contributed by atoms with Crippen LogP contribution in [0.2, 0.25) is 0 Å². The SMILES string of the molecule is CCC1CC1CF. The molecule has 42 valence electrons. The molecule has 1 fully saturated rings. The van der Waals surface area contributed by atoms with Crippen LogP contribution in [0, 0.1) is 11.8 Å². The van der Waals surface area contributed by atoms with Gasteiger partial charge in [-0.2, -0.15) is 0 Å². The van der Waals surface area contributed by atoms with Crippen LogP contribution in [-0.2, 0) is 0 Å². The Bertz CT molecular complexity index is 53.2. The second kappa shape index (κ2) is 1.81. The molecule has 0 saturated heterocycles. The minimum atomic E-state index is -0.0848. The van der Waals surface area contributed by atoms with E-state index in [-0.39, 0.29) is 6.67 Å². The average Bonchev–Trinajstić information content (AvgIpc) is 2.43. The van der Waals surface area contributed by atoms with Crippen molar-refractivity contribution in [1.82, 2.24) is 0 Å². The Hall–Kier alpha value is -0.0700. The molecular weight excluding hydrogens is 91.1 g/mol. The third kappa shape index (κ3) is 0.929. The third-order valence-electron chi connectivity index (χ3n) is 1.79. The van der Waals surface area contributed by atoms with Crippen molar-refractivity contribution < 1.29 is 4.39 Å². The van der Waals surface area contributed by atoms with Crippen LogP contribution < -0.4 is 0 Å². The number of rotatable bonds is 2. The summed E-state index contributed by atoms with van der Waals surface area (Å²) < 4.78 is 11.6. The van der Waals surface area contributed by atoms with E-state index < -0.39 is 0 Å². The van der Waals surface area contributed by atoms with Gasteiger partial charge in [0.25, 0.3) is 0 Å². The van der Waals surface area contributed by atoms with Crippen molar-refractivity contribution in [3.63, 3.8) is 0 Å². The Morgan fingerprint density at radius 1 is 1.57 bits per heavy atom. The summed E-state index contributed by atoms with van der Waals surface area (Å²) in [5.41, 5.74) is 0. The van der Waals surface area contributed by atoms with Crippen LogP contribution in [0.15, 0.2) is 0 Å². The van der Waals surface area contributed by atoms with E-state index in [0.29, 0.717) is 5.92 Å². The minimum Gasteiger partial charge on any atom is -0.251 e. The Morgan fingerprint density at radius 2 is 2.29 bits per heavy atom. The van der Waals surface area contributed by atoms with E-state index in [4.69, 9.17) is 0 Å². The van der Waals surface area contributed by atoms with Crippen molar-refractivity contribution in [3.05, 3.63) is 0 Å². The fourth-order valence-electron chi connectivity index (χ4n) is 0.999. The summed E-state index contributed by atoms with van der Waals surface area (Å²) in [5.74, 6) is 1.19. The summed E-state index contributed by atoms with van der Waals surface area (Å²) in [6, 6.07) is 0. The molecule has 0 radical (unpaired) electrons. The van der Waals surface area contributed by atoms with E-state index in [0.717, 1.165) is 12.3 Å². The van der Waals surface area contributed by atoms with Crippen molar-refractivity contribution in [2.24, 2.45) is 11.8 Å². The summed E-state index contributed by atoms with van der Waals surface area (Å²) >= 11 is 0. The van der Waals surface area contributed by atoms with Gasteiger partial charge in [-0.1, -0.05) is 13.3 Å². The molecule has 7 heavy (non-hydrogen) atoms. The van der Waals surface area contributed by atoms with Crippen LogP contribution in [0.3, 0.4) is 0 Å². The first-order valence-electron chi connectivity index (χ1n) is 2.94. The quantitative estimate of drug-likeness (QED) is 0.500. The highest BCUT2D eigenvalue weighted by atomic mass is 19.1. The van der Waals surface area contributed by atoms with Crippen LogP contribution >= 0.6 is 0 Å².